The molecule has 16 heavy (non-hydrogen) atoms. The van der Waals surface area contributed by atoms with Gasteiger partial charge in [-0.15, -0.1) is 0 Å². The van der Waals surface area contributed by atoms with Crippen molar-refractivity contribution in [2.45, 2.75) is 32.1 Å². The molecule has 0 radical (unpaired) electrons. The Morgan fingerprint density at radius 3 is 3.19 bits per heavy atom. The van der Waals surface area contributed by atoms with Crippen LogP contribution in [0.25, 0.3) is 0 Å². The van der Waals surface area contributed by atoms with E-state index in [1.165, 1.54) is 0 Å². The van der Waals surface area contributed by atoms with Crippen LogP contribution in [0.15, 0.2) is 12.3 Å². The zero-order valence-corrected chi connectivity index (χ0v) is 9.50. The van der Waals surface area contributed by atoms with Gasteiger partial charge in [-0.25, -0.2) is 0 Å². The smallest absolute Gasteiger partial charge is 0.124 e. The number of rotatable bonds is 4. The molecule has 1 N–H and O–H groups in total. The first-order valence-corrected chi connectivity index (χ1v) is 5.72. The van der Waals surface area contributed by atoms with Gasteiger partial charge in [-0.05, 0) is 12.5 Å². The Kier molecular flexibility index (Phi) is 3.93. The molecule has 5 nitrogen and oxygen atoms in total. The summed E-state index contributed by atoms with van der Waals surface area (Å²) >= 11 is 0. The number of aryl methyl sites for hydroxylation is 1. The van der Waals surface area contributed by atoms with Crippen molar-refractivity contribution in [2.24, 2.45) is 0 Å². The number of hydrogen-bond donors (Lipinski definition) is 1. The lowest BCUT2D eigenvalue weighted by Gasteiger charge is -2.27. The number of hydrogen-bond acceptors (Lipinski definition) is 4. The molecule has 0 spiro atoms. The van der Waals surface area contributed by atoms with Crippen LogP contribution in [0.2, 0.25) is 0 Å². The normalized spacial score (nSPS) is 23.2. The van der Waals surface area contributed by atoms with Crippen LogP contribution in [0, 0.1) is 0 Å². The summed E-state index contributed by atoms with van der Waals surface area (Å²) in [7, 11) is 0. The van der Waals surface area contributed by atoms with Crippen molar-refractivity contribution in [1.82, 2.24) is 9.78 Å². The van der Waals surface area contributed by atoms with Gasteiger partial charge in [-0.3, -0.25) is 4.68 Å². The van der Waals surface area contributed by atoms with E-state index in [0.29, 0.717) is 19.8 Å². The molecule has 1 aromatic rings. The minimum absolute atomic E-state index is 0.277. The Labute approximate surface area is 95.0 Å². The zero-order valence-electron chi connectivity index (χ0n) is 9.50. The largest absolute Gasteiger partial charge is 0.384 e. The van der Waals surface area contributed by atoms with Gasteiger partial charge in [0.15, 0.2) is 0 Å². The summed E-state index contributed by atoms with van der Waals surface area (Å²) in [6, 6.07) is 1.83. The highest BCUT2D eigenvalue weighted by atomic mass is 16.6. The topological polar surface area (TPSA) is 56.5 Å². The van der Waals surface area contributed by atoms with Crippen molar-refractivity contribution in [3.05, 3.63) is 18.0 Å². The summed E-state index contributed by atoms with van der Waals surface area (Å²) in [5.41, 5.74) is 0.803. The Morgan fingerprint density at radius 2 is 2.50 bits per heavy atom. The second-order valence-electron chi connectivity index (χ2n) is 3.91. The molecule has 0 aliphatic carbocycles. The lowest BCUT2D eigenvalue weighted by atomic mass is 10.1. The highest BCUT2D eigenvalue weighted by Crippen LogP contribution is 2.21. The molecule has 2 unspecified atom stereocenters. The number of ether oxygens (including phenoxy) is 2. The number of aliphatic hydroxyl groups excluding tert-OH is 1. The molecule has 0 bridgehead atoms. The van der Waals surface area contributed by atoms with Crippen LogP contribution in [0.1, 0.15) is 25.1 Å². The van der Waals surface area contributed by atoms with Crippen molar-refractivity contribution in [3.8, 4) is 0 Å². The van der Waals surface area contributed by atoms with Crippen molar-refractivity contribution in [3.63, 3.8) is 0 Å². The van der Waals surface area contributed by atoms with Crippen LogP contribution in [-0.4, -0.2) is 40.8 Å². The summed E-state index contributed by atoms with van der Waals surface area (Å²) in [4.78, 5) is 0. The van der Waals surface area contributed by atoms with Crippen LogP contribution in [0.4, 0.5) is 0 Å². The van der Waals surface area contributed by atoms with Crippen LogP contribution in [0.5, 0.6) is 0 Å². The molecule has 2 heterocycles. The fourth-order valence-corrected chi connectivity index (χ4v) is 1.87. The molecule has 0 saturated carbocycles. The lowest BCUT2D eigenvalue weighted by Crippen LogP contribution is -2.34. The quantitative estimate of drug-likeness (QED) is 0.822. The van der Waals surface area contributed by atoms with Gasteiger partial charge in [0.2, 0.25) is 0 Å². The molecule has 2 atom stereocenters. The third-order valence-corrected chi connectivity index (χ3v) is 2.68. The highest BCUT2D eigenvalue weighted by Gasteiger charge is 2.26. The summed E-state index contributed by atoms with van der Waals surface area (Å²) in [6.45, 7) is 4.49. The maximum absolute atomic E-state index is 10.2. The van der Waals surface area contributed by atoms with Crippen LogP contribution >= 0.6 is 0 Å². The van der Waals surface area contributed by atoms with Gasteiger partial charge in [0, 0.05) is 12.7 Å². The predicted molar refractivity (Wildman–Crippen MR) is 58.0 cm³/mol. The molecule has 5 heteroatoms. The first kappa shape index (κ1) is 11.6. The fourth-order valence-electron chi connectivity index (χ4n) is 1.87. The summed E-state index contributed by atoms with van der Waals surface area (Å²) in [5.74, 6) is 0. The van der Waals surface area contributed by atoms with E-state index in [2.05, 4.69) is 12.0 Å². The first-order chi connectivity index (χ1) is 7.83. The van der Waals surface area contributed by atoms with Crippen LogP contribution in [-0.2, 0) is 16.0 Å². The third-order valence-electron chi connectivity index (χ3n) is 2.68. The SMILES string of the molecule is CCCn1nccc1C(O)C1COCCO1. The summed E-state index contributed by atoms with van der Waals surface area (Å²) < 4.78 is 12.6. The van der Waals surface area contributed by atoms with Crippen molar-refractivity contribution in [2.75, 3.05) is 19.8 Å². The summed E-state index contributed by atoms with van der Waals surface area (Å²) in [6.07, 6.45) is 1.76. The van der Waals surface area contributed by atoms with Gasteiger partial charge in [-0.2, -0.15) is 5.10 Å². The van der Waals surface area contributed by atoms with E-state index in [1.807, 2.05) is 10.7 Å². The second-order valence-corrected chi connectivity index (χ2v) is 3.91. The van der Waals surface area contributed by atoms with Gasteiger partial charge in [0.05, 0.1) is 25.5 Å². The summed E-state index contributed by atoms with van der Waals surface area (Å²) in [5, 5.41) is 14.4. The molecular weight excluding hydrogens is 208 g/mol. The van der Waals surface area contributed by atoms with Gasteiger partial charge in [0.25, 0.3) is 0 Å². The second kappa shape index (κ2) is 5.43. The maximum Gasteiger partial charge on any atom is 0.124 e. The Hall–Kier alpha value is -0.910. The molecule has 0 aromatic carbocycles. The van der Waals surface area contributed by atoms with Crippen LogP contribution in [0.3, 0.4) is 0 Å². The van der Waals surface area contributed by atoms with E-state index >= 15 is 0 Å². The number of aliphatic hydroxyl groups is 1. The van der Waals surface area contributed by atoms with E-state index < -0.39 is 6.10 Å². The lowest BCUT2D eigenvalue weighted by molar-refractivity contribution is -0.135. The zero-order chi connectivity index (χ0) is 11.4. The first-order valence-electron chi connectivity index (χ1n) is 5.72. The van der Waals surface area contributed by atoms with E-state index in [-0.39, 0.29) is 6.10 Å². The minimum Gasteiger partial charge on any atom is -0.384 e. The van der Waals surface area contributed by atoms with Crippen molar-refractivity contribution >= 4 is 0 Å². The molecule has 2 rings (SSSR count). The average Bonchev–Trinajstić information content (AvgIpc) is 2.78. The molecule has 1 fully saturated rings. The van der Waals surface area contributed by atoms with Gasteiger partial charge in [0.1, 0.15) is 12.2 Å². The average molecular weight is 226 g/mol. The molecular formula is C11H18N2O3. The maximum atomic E-state index is 10.2. The Morgan fingerprint density at radius 1 is 1.62 bits per heavy atom. The van der Waals surface area contributed by atoms with Gasteiger partial charge in [-0.1, -0.05) is 6.92 Å². The predicted octanol–water partition coefficient (Wildman–Crippen LogP) is 0.742. The van der Waals surface area contributed by atoms with Gasteiger partial charge >= 0.3 is 0 Å². The molecule has 1 aliphatic rings. The standard InChI is InChI=1S/C11H18N2O3/c1-2-5-13-9(3-4-12-13)11(14)10-8-15-6-7-16-10/h3-4,10-11,14H,2,5-8H2,1H3. The number of nitrogens with zero attached hydrogens (tertiary/aromatic N) is 2. The van der Waals surface area contributed by atoms with E-state index in [0.717, 1.165) is 18.7 Å². The fraction of sp³-hybridized carbons (Fsp3) is 0.727. The highest BCUT2D eigenvalue weighted by molar-refractivity contribution is 5.06. The Balaban J connectivity index is 2.06. The number of aromatic nitrogens is 2. The van der Waals surface area contributed by atoms with Crippen molar-refractivity contribution in [1.29, 1.82) is 0 Å². The van der Waals surface area contributed by atoms with Crippen molar-refractivity contribution < 1.29 is 14.6 Å². The Bertz CT molecular complexity index is 321. The molecule has 1 aliphatic heterocycles. The third kappa shape index (κ3) is 2.42. The minimum atomic E-state index is -0.658. The van der Waals surface area contributed by atoms with E-state index in [1.54, 1.807) is 6.20 Å². The van der Waals surface area contributed by atoms with E-state index in [9.17, 15) is 5.11 Å². The van der Waals surface area contributed by atoms with Gasteiger partial charge < -0.3 is 14.6 Å². The van der Waals surface area contributed by atoms with Crippen LogP contribution < -0.4 is 0 Å². The van der Waals surface area contributed by atoms with E-state index in [4.69, 9.17) is 9.47 Å². The molecule has 0 amide bonds. The monoisotopic (exact) mass is 226 g/mol. The molecule has 90 valence electrons. The molecule has 1 saturated heterocycles. The molecule has 1 aromatic heterocycles.